The Morgan fingerprint density at radius 3 is 2.30 bits per heavy atom. The smallest absolute Gasteiger partial charge is 0.744 e. The van der Waals surface area contributed by atoms with Gasteiger partial charge in [-0.3, -0.25) is 10.9 Å². The number of benzene rings is 2. The van der Waals surface area contributed by atoms with Crippen molar-refractivity contribution in [3.63, 3.8) is 0 Å². The largest absolute Gasteiger partial charge is 1.00 e. The summed E-state index contributed by atoms with van der Waals surface area (Å²) in [4.78, 5) is -0.293. The predicted octanol–water partition coefficient (Wildman–Crippen LogP) is -1.51. The van der Waals surface area contributed by atoms with Crippen LogP contribution in [-0.4, -0.2) is 18.1 Å². The zero-order valence-electron chi connectivity index (χ0n) is 12.2. The Balaban J connectivity index is 0.00000264. The molecule has 0 heterocycles. The second-order valence-corrected chi connectivity index (χ2v) is 6.10. The van der Waals surface area contributed by atoms with E-state index in [-0.39, 0.29) is 34.5 Å². The standard InChI is InChI=1S/C13H14N4O3S2.Na/c14-9-2-1-3-11(8-9)15-13(21)17-16-10-4-6-12(7-5-10)22(18,19)20;/h1-8,16H,14H2,(H2,15,17,21)(H,18,19,20);/q;+1/p-1. The number of hydrazine groups is 1. The van der Waals surface area contributed by atoms with E-state index < -0.39 is 10.1 Å². The van der Waals surface area contributed by atoms with Gasteiger partial charge in [0, 0.05) is 11.4 Å². The molecule has 0 atom stereocenters. The van der Waals surface area contributed by atoms with Crippen molar-refractivity contribution < 1.29 is 42.5 Å². The second-order valence-electron chi connectivity index (χ2n) is 4.31. The normalized spacial score (nSPS) is 10.3. The molecule has 0 aliphatic heterocycles. The number of nitrogen functional groups attached to an aromatic ring is 1. The minimum absolute atomic E-state index is 0. The van der Waals surface area contributed by atoms with Gasteiger partial charge in [0.15, 0.2) is 5.11 Å². The molecule has 0 fully saturated rings. The third-order valence-corrected chi connectivity index (χ3v) is 3.66. The van der Waals surface area contributed by atoms with Gasteiger partial charge in [-0.1, -0.05) is 6.07 Å². The number of rotatable bonds is 4. The van der Waals surface area contributed by atoms with E-state index in [0.717, 1.165) is 5.69 Å². The first-order chi connectivity index (χ1) is 10.3. The van der Waals surface area contributed by atoms with Gasteiger partial charge in [0.05, 0.1) is 10.6 Å². The minimum atomic E-state index is -4.44. The number of anilines is 3. The predicted molar refractivity (Wildman–Crippen MR) is 88.2 cm³/mol. The van der Waals surface area contributed by atoms with E-state index in [1.165, 1.54) is 24.3 Å². The zero-order chi connectivity index (χ0) is 16.2. The summed E-state index contributed by atoms with van der Waals surface area (Å²) in [6, 6.07) is 12.4. The molecule has 2 rings (SSSR count). The first-order valence-corrected chi connectivity index (χ1v) is 7.91. The third-order valence-electron chi connectivity index (χ3n) is 2.61. The summed E-state index contributed by atoms with van der Waals surface area (Å²) >= 11 is 5.09. The van der Waals surface area contributed by atoms with Crippen LogP contribution in [0.4, 0.5) is 17.1 Å². The first kappa shape index (κ1) is 19.7. The summed E-state index contributed by atoms with van der Waals surface area (Å²) in [6.45, 7) is 0. The molecule has 116 valence electrons. The minimum Gasteiger partial charge on any atom is -0.744 e. The number of thiocarbonyl (C=S) groups is 1. The number of hydrogen-bond donors (Lipinski definition) is 4. The summed E-state index contributed by atoms with van der Waals surface area (Å²) in [7, 11) is -4.44. The molecule has 10 heteroatoms. The molecule has 23 heavy (non-hydrogen) atoms. The van der Waals surface area contributed by atoms with Crippen LogP contribution in [0.3, 0.4) is 0 Å². The molecule has 0 saturated heterocycles. The summed E-state index contributed by atoms with van der Waals surface area (Å²) in [5, 5.41) is 3.22. The van der Waals surface area contributed by atoms with Crippen molar-refractivity contribution in [3.8, 4) is 0 Å². The van der Waals surface area contributed by atoms with Crippen LogP contribution in [-0.2, 0) is 10.1 Å². The van der Waals surface area contributed by atoms with Gasteiger partial charge in [-0.05, 0) is 54.7 Å². The molecule has 5 N–H and O–H groups in total. The fourth-order valence-corrected chi connectivity index (χ4v) is 2.25. The Kier molecular flexibility index (Phi) is 7.26. The SMILES string of the molecule is Nc1cccc(NC(=S)NNc2ccc(S(=O)(=O)[O-])cc2)c1.[Na+]. The van der Waals surface area contributed by atoms with Gasteiger partial charge in [-0.2, -0.15) is 0 Å². The molecular weight excluding hydrogens is 347 g/mol. The van der Waals surface area contributed by atoms with E-state index in [0.29, 0.717) is 16.5 Å². The van der Waals surface area contributed by atoms with Gasteiger partial charge >= 0.3 is 29.6 Å². The molecule has 0 bridgehead atoms. The fraction of sp³-hybridized carbons (Fsp3) is 0. The molecule has 7 nitrogen and oxygen atoms in total. The van der Waals surface area contributed by atoms with Gasteiger partial charge in [-0.15, -0.1) is 0 Å². The topological polar surface area (TPSA) is 119 Å². The number of hydrogen-bond acceptors (Lipinski definition) is 6. The number of nitrogens with two attached hydrogens (primary N) is 1. The average Bonchev–Trinajstić information content (AvgIpc) is 2.45. The molecule has 0 aliphatic carbocycles. The molecule has 0 aliphatic rings. The summed E-state index contributed by atoms with van der Waals surface area (Å²) in [5.41, 5.74) is 13.0. The fourth-order valence-electron chi connectivity index (χ4n) is 1.61. The maximum absolute atomic E-state index is 10.8. The van der Waals surface area contributed by atoms with Crippen molar-refractivity contribution in [2.75, 3.05) is 16.5 Å². The van der Waals surface area contributed by atoms with Crippen molar-refractivity contribution in [2.45, 2.75) is 4.90 Å². The molecule has 0 unspecified atom stereocenters. The maximum atomic E-state index is 10.8. The van der Waals surface area contributed by atoms with Crippen molar-refractivity contribution in [2.24, 2.45) is 0 Å². The second kappa shape index (κ2) is 8.48. The molecule has 0 spiro atoms. The molecule has 0 radical (unpaired) electrons. The van der Waals surface area contributed by atoms with Crippen LogP contribution in [0.5, 0.6) is 0 Å². The van der Waals surface area contributed by atoms with E-state index in [1.54, 1.807) is 24.3 Å². The summed E-state index contributed by atoms with van der Waals surface area (Å²) in [6.07, 6.45) is 0. The van der Waals surface area contributed by atoms with Gasteiger partial charge in [-0.25, -0.2) is 8.42 Å². The van der Waals surface area contributed by atoms with Crippen molar-refractivity contribution in [3.05, 3.63) is 48.5 Å². The Morgan fingerprint density at radius 2 is 1.74 bits per heavy atom. The molecule has 0 aromatic heterocycles. The van der Waals surface area contributed by atoms with Gasteiger partial charge in [0.2, 0.25) is 0 Å². The molecule has 0 saturated carbocycles. The summed E-state index contributed by atoms with van der Waals surface area (Å²) in [5.74, 6) is 0. The van der Waals surface area contributed by atoms with Crippen molar-refractivity contribution in [1.29, 1.82) is 0 Å². The van der Waals surface area contributed by atoms with Crippen LogP contribution < -0.4 is 51.5 Å². The van der Waals surface area contributed by atoms with Crippen LogP contribution >= 0.6 is 12.2 Å². The van der Waals surface area contributed by atoms with Crippen molar-refractivity contribution in [1.82, 2.24) is 5.43 Å². The van der Waals surface area contributed by atoms with Crippen LogP contribution in [0.1, 0.15) is 0 Å². The van der Waals surface area contributed by atoms with Gasteiger partial charge < -0.3 is 15.6 Å². The Morgan fingerprint density at radius 1 is 1.09 bits per heavy atom. The van der Waals surface area contributed by atoms with Gasteiger partial charge in [0.25, 0.3) is 0 Å². The zero-order valence-corrected chi connectivity index (χ0v) is 15.9. The van der Waals surface area contributed by atoms with Crippen LogP contribution in [0.15, 0.2) is 53.4 Å². The molecule has 2 aromatic rings. The van der Waals surface area contributed by atoms with Crippen molar-refractivity contribution >= 4 is 44.5 Å². The van der Waals surface area contributed by atoms with E-state index in [1.807, 2.05) is 0 Å². The van der Waals surface area contributed by atoms with Gasteiger partial charge in [0.1, 0.15) is 10.1 Å². The number of nitrogens with one attached hydrogen (secondary N) is 3. The van der Waals surface area contributed by atoms with E-state index in [9.17, 15) is 13.0 Å². The summed E-state index contributed by atoms with van der Waals surface area (Å²) < 4.78 is 32.4. The van der Waals surface area contributed by atoms with E-state index in [4.69, 9.17) is 18.0 Å². The van der Waals surface area contributed by atoms with E-state index in [2.05, 4.69) is 16.2 Å². The van der Waals surface area contributed by atoms with E-state index >= 15 is 0 Å². The molecular formula is C13H13N4NaO3S2. The quantitative estimate of drug-likeness (QED) is 0.171. The molecule has 2 aromatic carbocycles. The Hall–Kier alpha value is -1.36. The maximum Gasteiger partial charge on any atom is 1.00 e. The average molecular weight is 360 g/mol. The van der Waals surface area contributed by atoms with Crippen LogP contribution in [0.25, 0.3) is 0 Å². The monoisotopic (exact) mass is 360 g/mol. The van der Waals surface area contributed by atoms with Crippen LogP contribution in [0, 0.1) is 0 Å². The Labute approximate surface area is 161 Å². The third kappa shape index (κ3) is 6.34. The first-order valence-electron chi connectivity index (χ1n) is 6.09. The molecule has 0 amide bonds. The van der Waals surface area contributed by atoms with Crippen LogP contribution in [0.2, 0.25) is 0 Å². The Bertz CT molecular complexity index is 782.